The van der Waals surface area contributed by atoms with E-state index in [4.69, 9.17) is 23.2 Å². The number of aliphatic imine (C=N–C) groups is 1. The van der Waals surface area contributed by atoms with E-state index in [0.29, 0.717) is 41.3 Å². The second-order valence-electron chi connectivity index (χ2n) is 5.58. The maximum Gasteiger partial charge on any atom is 0.251 e. The second-order valence-corrected chi connectivity index (χ2v) is 6.34. The van der Waals surface area contributed by atoms with E-state index in [1.165, 1.54) is 0 Å². The van der Waals surface area contributed by atoms with E-state index in [-0.39, 0.29) is 5.91 Å². The van der Waals surface area contributed by atoms with E-state index in [2.05, 4.69) is 20.9 Å². The van der Waals surface area contributed by atoms with Crippen LogP contribution in [0, 0.1) is 0 Å². The van der Waals surface area contributed by atoms with Gasteiger partial charge in [-0.15, -0.1) is 0 Å². The van der Waals surface area contributed by atoms with Gasteiger partial charge < -0.3 is 20.5 Å². The summed E-state index contributed by atoms with van der Waals surface area (Å²) in [6, 6.07) is 10.9. The largest absolute Gasteiger partial charge is 0.357 e. The minimum Gasteiger partial charge on any atom is -0.357 e. The molecule has 6 nitrogen and oxygen atoms in total. The molecule has 3 N–H and O–H groups in total. The first-order chi connectivity index (χ1) is 12.5. The number of hydrogen-bond donors (Lipinski definition) is 3. The van der Waals surface area contributed by atoms with Crippen LogP contribution >= 0.6 is 23.2 Å². The van der Waals surface area contributed by atoms with Crippen LogP contribution in [-0.4, -0.2) is 36.1 Å². The molecule has 8 heteroatoms. The number of carbonyl (C=O) groups excluding carboxylic acids is 1. The van der Waals surface area contributed by atoms with Crippen molar-refractivity contribution in [3.05, 3.63) is 57.8 Å². The summed E-state index contributed by atoms with van der Waals surface area (Å²) in [7, 11) is 1.85. The lowest BCUT2D eigenvalue weighted by molar-refractivity contribution is 0.0954. The van der Waals surface area contributed by atoms with Crippen LogP contribution < -0.4 is 16.0 Å². The lowest BCUT2D eigenvalue weighted by Gasteiger charge is -2.12. The van der Waals surface area contributed by atoms with Gasteiger partial charge in [0.2, 0.25) is 0 Å². The Morgan fingerprint density at radius 2 is 1.81 bits per heavy atom. The Labute approximate surface area is 163 Å². The first-order valence-corrected chi connectivity index (χ1v) is 9.13. The average molecular weight is 396 g/mol. The normalized spacial score (nSPS) is 11.3. The number of amides is 1. The molecule has 0 aliphatic carbocycles. The predicted octanol–water partition coefficient (Wildman–Crippen LogP) is 2.82. The highest BCUT2D eigenvalue weighted by Gasteiger charge is 2.09. The zero-order chi connectivity index (χ0) is 18.9. The van der Waals surface area contributed by atoms with E-state index < -0.39 is 0 Å². The summed E-state index contributed by atoms with van der Waals surface area (Å²) in [6.07, 6.45) is 0. The van der Waals surface area contributed by atoms with Crippen molar-refractivity contribution >= 4 is 35.1 Å². The number of aromatic nitrogens is 1. The molecule has 0 aliphatic rings. The topological polar surface area (TPSA) is 70.5 Å². The Kier molecular flexibility index (Phi) is 7.81. The molecule has 0 unspecified atom stereocenters. The lowest BCUT2D eigenvalue weighted by Crippen LogP contribution is -2.41. The molecule has 0 saturated heterocycles. The lowest BCUT2D eigenvalue weighted by atomic mass is 10.2. The highest BCUT2D eigenvalue weighted by atomic mass is 35.5. The van der Waals surface area contributed by atoms with Crippen LogP contribution in [0.2, 0.25) is 10.2 Å². The second kappa shape index (κ2) is 10.1. The fourth-order valence-corrected chi connectivity index (χ4v) is 2.71. The zero-order valence-corrected chi connectivity index (χ0v) is 16.4. The van der Waals surface area contributed by atoms with Gasteiger partial charge in [-0.1, -0.05) is 41.4 Å². The number of halogens is 2. The fraction of sp³-hybridized carbons (Fsp3) is 0.333. The van der Waals surface area contributed by atoms with Crippen molar-refractivity contribution in [1.82, 2.24) is 20.5 Å². The van der Waals surface area contributed by atoms with Crippen LogP contribution in [0.4, 0.5) is 0 Å². The molecule has 0 fully saturated rings. The smallest absolute Gasteiger partial charge is 0.251 e. The number of nitrogens with one attached hydrogen (secondary N) is 3. The molecule has 26 heavy (non-hydrogen) atoms. The summed E-state index contributed by atoms with van der Waals surface area (Å²) in [5, 5.41) is 10.2. The molecule has 140 valence electrons. The number of benzene rings is 1. The number of hydrogen-bond acceptors (Lipinski definition) is 2. The molecule has 0 atom stereocenters. The molecular formula is C18H23Cl2N5O. The molecule has 0 spiro atoms. The molecule has 0 aliphatic heterocycles. The summed E-state index contributed by atoms with van der Waals surface area (Å²) >= 11 is 12.1. The third-order valence-corrected chi connectivity index (χ3v) is 4.54. The Morgan fingerprint density at radius 1 is 1.12 bits per heavy atom. The van der Waals surface area contributed by atoms with E-state index >= 15 is 0 Å². The van der Waals surface area contributed by atoms with Crippen LogP contribution in [0.3, 0.4) is 0 Å². The molecule has 0 radical (unpaired) electrons. The SMILES string of the molecule is CCNC(=NCc1cc(Cl)c(Cl)n1C)NCCNC(=O)c1ccccc1. The van der Waals surface area contributed by atoms with E-state index in [1.54, 1.807) is 22.8 Å². The van der Waals surface area contributed by atoms with Crippen molar-refractivity contribution in [2.24, 2.45) is 12.0 Å². The summed E-state index contributed by atoms with van der Waals surface area (Å²) in [5.41, 5.74) is 1.56. The van der Waals surface area contributed by atoms with Crippen LogP contribution in [-0.2, 0) is 13.6 Å². The van der Waals surface area contributed by atoms with Gasteiger partial charge in [0, 0.05) is 37.9 Å². The fourth-order valence-electron chi connectivity index (χ4n) is 2.29. The molecule has 1 heterocycles. The van der Waals surface area contributed by atoms with Crippen molar-refractivity contribution in [1.29, 1.82) is 0 Å². The van der Waals surface area contributed by atoms with Crippen molar-refractivity contribution < 1.29 is 4.79 Å². The van der Waals surface area contributed by atoms with Gasteiger partial charge in [-0.25, -0.2) is 4.99 Å². The Morgan fingerprint density at radius 3 is 2.42 bits per heavy atom. The highest BCUT2D eigenvalue weighted by molar-refractivity contribution is 6.41. The van der Waals surface area contributed by atoms with Gasteiger partial charge in [-0.3, -0.25) is 4.79 Å². The number of rotatable bonds is 7. The quantitative estimate of drug-likeness (QED) is 0.383. The average Bonchev–Trinajstić information content (AvgIpc) is 2.90. The van der Waals surface area contributed by atoms with Crippen molar-refractivity contribution in [3.63, 3.8) is 0 Å². The Balaban J connectivity index is 1.83. The van der Waals surface area contributed by atoms with Gasteiger partial charge in [0.25, 0.3) is 5.91 Å². The van der Waals surface area contributed by atoms with Crippen LogP contribution in [0.1, 0.15) is 23.0 Å². The molecule has 1 aromatic heterocycles. The zero-order valence-electron chi connectivity index (χ0n) is 14.9. The van der Waals surface area contributed by atoms with Gasteiger partial charge in [0.15, 0.2) is 5.96 Å². The molecular weight excluding hydrogens is 373 g/mol. The van der Waals surface area contributed by atoms with Gasteiger partial charge in [0.1, 0.15) is 5.15 Å². The number of carbonyl (C=O) groups is 1. The molecule has 0 saturated carbocycles. The van der Waals surface area contributed by atoms with Gasteiger partial charge in [-0.05, 0) is 25.1 Å². The van der Waals surface area contributed by atoms with Crippen LogP contribution in [0.15, 0.2) is 41.4 Å². The van der Waals surface area contributed by atoms with Crippen molar-refractivity contribution in [2.45, 2.75) is 13.5 Å². The number of nitrogens with zero attached hydrogens (tertiary/aromatic N) is 2. The van der Waals surface area contributed by atoms with E-state index in [1.807, 2.05) is 32.2 Å². The maximum absolute atomic E-state index is 12.0. The first kappa shape index (κ1) is 20.1. The van der Waals surface area contributed by atoms with Crippen molar-refractivity contribution in [3.8, 4) is 0 Å². The van der Waals surface area contributed by atoms with E-state index in [0.717, 1.165) is 12.2 Å². The summed E-state index contributed by atoms with van der Waals surface area (Å²) in [6.45, 7) is 4.20. The molecule has 1 amide bonds. The highest BCUT2D eigenvalue weighted by Crippen LogP contribution is 2.25. The number of guanidine groups is 1. The third kappa shape index (κ3) is 5.68. The minimum absolute atomic E-state index is 0.0950. The van der Waals surface area contributed by atoms with E-state index in [9.17, 15) is 4.79 Å². The standard InChI is InChI=1S/C18H23Cl2N5O/c1-3-21-18(24-12-14-11-15(19)16(20)25(14)2)23-10-9-22-17(26)13-7-5-4-6-8-13/h4-8,11H,3,9-10,12H2,1-2H3,(H,22,26)(H2,21,23,24). The van der Waals surface area contributed by atoms with Gasteiger partial charge >= 0.3 is 0 Å². The monoisotopic (exact) mass is 395 g/mol. The minimum atomic E-state index is -0.0950. The summed E-state index contributed by atoms with van der Waals surface area (Å²) in [4.78, 5) is 16.5. The Hall–Kier alpha value is -2.18. The molecule has 2 aromatic rings. The maximum atomic E-state index is 12.0. The van der Waals surface area contributed by atoms with Gasteiger partial charge in [-0.2, -0.15) is 0 Å². The van der Waals surface area contributed by atoms with Crippen molar-refractivity contribution in [2.75, 3.05) is 19.6 Å². The van der Waals surface area contributed by atoms with Crippen LogP contribution in [0.25, 0.3) is 0 Å². The molecule has 0 bridgehead atoms. The summed E-state index contributed by atoms with van der Waals surface area (Å²) < 4.78 is 1.80. The third-order valence-electron chi connectivity index (χ3n) is 3.70. The molecule has 1 aromatic carbocycles. The Bertz CT molecular complexity index is 758. The van der Waals surface area contributed by atoms with Gasteiger partial charge in [0.05, 0.1) is 11.6 Å². The summed E-state index contributed by atoms with van der Waals surface area (Å²) in [5.74, 6) is 0.567. The molecule has 2 rings (SSSR count). The first-order valence-electron chi connectivity index (χ1n) is 8.38. The van der Waals surface area contributed by atoms with Crippen LogP contribution in [0.5, 0.6) is 0 Å². The predicted molar refractivity (Wildman–Crippen MR) is 107 cm³/mol.